The van der Waals surface area contributed by atoms with Crippen LogP contribution in [0.3, 0.4) is 0 Å². The molecule has 144 valence electrons. The number of carbonyl (C=O) groups is 1. The van der Waals surface area contributed by atoms with Crippen LogP contribution in [0.1, 0.15) is 10.4 Å². The average molecular weight is 390 g/mol. The lowest BCUT2D eigenvalue weighted by Crippen LogP contribution is -2.48. The van der Waals surface area contributed by atoms with Crippen molar-refractivity contribution in [3.05, 3.63) is 60.2 Å². The van der Waals surface area contributed by atoms with E-state index in [1.165, 1.54) is 28.6 Å². The molecule has 1 N–H and O–H groups in total. The summed E-state index contributed by atoms with van der Waals surface area (Å²) in [7, 11) is -3.69. The minimum absolute atomic E-state index is 0.0640. The molecule has 1 saturated heterocycles. The van der Waals surface area contributed by atoms with E-state index in [1.54, 1.807) is 0 Å². The Balaban J connectivity index is 1.71. The highest BCUT2D eigenvalue weighted by molar-refractivity contribution is 7.89. The zero-order valence-corrected chi connectivity index (χ0v) is 15.6. The Morgan fingerprint density at radius 3 is 2.37 bits per heavy atom. The Hall–Kier alpha value is -2.42. The molecule has 8 heteroatoms. The normalized spacial score (nSPS) is 15.5. The van der Waals surface area contributed by atoms with Crippen LogP contribution in [-0.2, 0) is 14.8 Å². The summed E-state index contributed by atoms with van der Waals surface area (Å²) in [6.45, 7) is 1.53. The highest BCUT2D eigenvalue weighted by Gasteiger charge is 2.29. The molecule has 0 aliphatic carbocycles. The van der Waals surface area contributed by atoms with Crippen molar-refractivity contribution in [1.82, 2.24) is 4.31 Å². The van der Waals surface area contributed by atoms with E-state index in [0.717, 1.165) is 5.69 Å². The number of piperazine rings is 1. The molecule has 1 fully saturated rings. The lowest BCUT2D eigenvalue weighted by molar-refractivity contribution is 0.0433. The molecule has 1 aliphatic rings. The van der Waals surface area contributed by atoms with Gasteiger partial charge in [0.15, 0.2) is 0 Å². The Labute approximate surface area is 158 Å². The summed E-state index contributed by atoms with van der Waals surface area (Å²) in [6, 6.07) is 15.7. The van der Waals surface area contributed by atoms with Crippen molar-refractivity contribution in [3.8, 4) is 0 Å². The minimum atomic E-state index is -3.69. The van der Waals surface area contributed by atoms with E-state index in [2.05, 4.69) is 4.90 Å². The maximum Gasteiger partial charge on any atom is 0.338 e. The molecular weight excluding hydrogens is 368 g/mol. The Bertz CT molecular complexity index is 878. The van der Waals surface area contributed by atoms with Crippen molar-refractivity contribution >= 4 is 21.7 Å². The van der Waals surface area contributed by atoms with Gasteiger partial charge in [-0.25, -0.2) is 13.2 Å². The molecule has 0 aromatic heterocycles. The lowest BCUT2D eigenvalue weighted by Gasteiger charge is -2.35. The van der Waals surface area contributed by atoms with Gasteiger partial charge in [0.05, 0.1) is 17.1 Å². The fourth-order valence-corrected chi connectivity index (χ4v) is 4.45. The van der Waals surface area contributed by atoms with Crippen LogP contribution < -0.4 is 4.90 Å². The van der Waals surface area contributed by atoms with Crippen LogP contribution in [0, 0.1) is 0 Å². The number of aliphatic hydroxyl groups is 1. The SMILES string of the molecule is O=C(OCCO)c1cccc(S(=O)(=O)N2CCN(c3ccccc3)CC2)c1. The van der Waals surface area contributed by atoms with Crippen molar-refractivity contribution in [3.63, 3.8) is 0 Å². The van der Waals surface area contributed by atoms with Crippen LogP contribution in [0.4, 0.5) is 5.69 Å². The predicted octanol–water partition coefficient (Wildman–Crippen LogP) is 1.35. The highest BCUT2D eigenvalue weighted by atomic mass is 32.2. The third kappa shape index (κ3) is 4.47. The largest absolute Gasteiger partial charge is 0.460 e. The van der Waals surface area contributed by atoms with Gasteiger partial charge in [0.25, 0.3) is 0 Å². The Morgan fingerprint density at radius 1 is 1.00 bits per heavy atom. The Kier molecular flexibility index (Phi) is 6.10. The first-order chi connectivity index (χ1) is 13.0. The number of nitrogens with zero attached hydrogens (tertiary/aromatic N) is 2. The van der Waals surface area contributed by atoms with Crippen LogP contribution in [0.5, 0.6) is 0 Å². The standard InChI is InChI=1S/C19H22N2O5S/c22-13-14-26-19(23)16-5-4-8-18(15-16)27(24,25)21-11-9-20(10-12-21)17-6-2-1-3-7-17/h1-8,15,22H,9-14H2. The van der Waals surface area contributed by atoms with E-state index in [9.17, 15) is 13.2 Å². The van der Waals surface area contributed by atoms with Gasteiger partial charge in [-0.2, -0.15) is 4.31 Å². The maximum atomic E-state index is 12.9. The molecule has 0 saturated carbocycles. The van der Waals surface area contributed by atoms with E-state index < -0.39 is 16.0 Å². The molecule has 1 heterocycles. The second kappa shape index (κ2) is 8.51. The molecule has 2 aromatic carbocycles. The molecule has 7 nitrogen and oxygen atoms in total. The molecule has 2 aromatic rings. The van der Waals surface area contributed by atoms with E-state index in [0.29, 0.717) is 26.2 Å². The summed E-state index contributed by atoms with van der Waals surface area (Å²) in [5.41, 5.74) is 1.22. The van der Waals surface area contributed by atoms with Crippen molar-refractivity contribution in [2.75, 3.05) is 44.3 Å². The number of aliphatic hydroxyl groups excluding tert-OH is 1. The van der Waals surface area contributed by atoms with Crippen LogP contribution in [-0.4, -0.2) is 63.2 Å². The van der Waals surface area contributed by atoms with Crippen molar-refractivity contribution in [1.29, 1.82) is 0 Å². The van der Waals surface area contributed by atoms with E-state index in [-0.39, 0.29) is 23.7 Å². The third-order valence-electron chi connectivity index (χ3n) is 4.39. The van der Waals surface area contributed by atoms with E-state index in [4.69, 9.17) is 9.84 Å². The smallest absolute Gasteiger partial charge is 0.338 e. The fraction of sp³-hybridized carbons (Fsp3) is 0.316. The minimum Gasteiger partial charge on any atom is -0.460 e. The quantitative estimate of drug-likeness (QED) is 0.749. The monoisotopic (exact) mass is 390 g/mol. The number of ether oxygens (including phenoxy) is 1. The molecule has 27 heavy (non-hydrogen) atoms. The fourth-order valence-electron chi connectivity index (χ4n) is 2.98. The predicted molar refractivity (Wildman–Crippen MR) is 101 cm³/mol. The Morgan fingerprint density at radius 2 is 1.70 bits per heavy atom. The molecule has 0 radical (unpaired) electrons. The number of anilines is 1. The van der Waals surface area contributed by atoms with Crippen molar-refractivity contribution < 1.29 is 23.1 Å². The van der Waals surface area contributed by atoms with Gasteiger partial charge < -0.3 is 14.7 Å². The third-order valence-corrected chi connectivity index (χ3v) is 6.29. The number of benzene rings is 2. The molecule has 0 atom stereocenters. The lowest BCUT2D eigenvalue weighted by atomic mass is 10.2. The van der Waals surface area contributed by atoms with Crippen LogP contribution in [0.25, 0.3) is 0 Å². The van der Waals surface area contributed by atoms with E-state index in [1.807, 2.05) is 30.3 Å². The molecule has 0 amide bonds. The zero-order valence-electron chi connectivity index (χ0n) is 14.8. The summed E-state index contributed by atoms with van der Waals surface area (Å²) < 4.78 is 32.2. The molecule has 0 unspecified atom stereocenters. The van der Waals surface area contributed by atoms with Crippen LogP contribution in [0.15, 0.2) is 59.5 Å². The van der Waals surface area contributed by atoms with Crippen molar-refractivity contribution in [2.45, 2.75) is 4.90 Å². The van der Waals surface area contributed by atoms with Gasteiger partial charge in [-0.1, -0.05) is 24.3 Å². The highest BCUT2D eigenvalue weighted by Crippen LogP contribution is 2.22. The van der Waals surface area contributed by atoms with Gasteiger partial charge in [0.1, 0.15) is 6.61 Å². The first kappa shape index (κ1) is 19.3. The van der Waals surface area contributed by atoms with Gasteiger partial charge >= 0.3 is 5.97 Å². The summed E-state index contributed by atoms with van der Waals surface area (Å²) in [5.74, 6) is -0.657. The summed E-state index contributed by atoms with van der Waals surface area (Å²) in [6.07, 6.45) is 0. The number of hydrogen-bond acceptors (Lipinski definition) is 6. The first-order valence-electron chi connectivity index (χ1n) is 8.70. The first-order valence-corrected chi connectivity index (χ1v) is 10.1. The molecule has 0 bridgehead atoms. The van der Waals surface area contributed by atoms with Gasteiger partial charge in [-0.3, -0.25) is 0 Å². The van der Waals surface area contributed by atoms with Gasteiger partial charge in [-0.15, -0.1) is 0 Å². The topological polar surface area (TPSA) is 87.1 Å². The van der Waals surface area contributed by atoms with Gasteiger partial charge in [-0.05, 0) is 30.3 Å². The number of hydrogen-bond donors (Lipinski definition) is 1. The van der Waals surface area contributed by atoms with Gasteiger partial charge in [0, 0.05) is 31.9 Å². The summed E-state index contributed by atoms with van der Waals surface area (Å²) in [4.78, 5) is 14.1. The maximum absolute atomic E-state index is 12.9. The number of para-hydroxylation sites is 1. The molecular formula is C19H22N2O5S. The summed E-state index contributed by atoms with van der Waals surface area (Å²) in [5, 5.41) is 8.74. The number of carbonyl (C=O) groups excluding carboxylic acids is 1. The van der Waals surface area contributed by atoms with Crippen LogP contribution in [0.2, 0.25) is 0 Å². The number of esters is 1. The second-order valence-corrected chi connectivity index (χ2v) is 8.05. The molecule has 1 aliphatic heterocycles. The van der Waals surface area contributed by atoms with E-state index >= 15 is 0 Å². The van der Waals surface area contributed by atoms with Crippen LogP contribution >= 0.6 is 0 Å². The average Bonchev–Trinajstić information content (AvgIpc) is 2.73. The van der Waals surface area contributed by atoms with Gasteiger partial charge in [0.2, 0.25) is 10.0 Å². The molecule has 0 spiro atoms. The number of rotatable bonds is 6. The second-order valence-electron chi connectivity index (χ2n) is 6.11. The number of sulfonamides is 1. The molecule has 3 rings (SSSR count). The summed E-state index contributed by atoms with van der Waals surface area (Å²) >= 11 is 0. The zero-order chi connectivity index (χ0) is 19.3. The van der Waals surface area contributed by atoms with Crippen molar-refractivity contribution in [2.24, 2.45) is 0 Å².